The molecular weight excluding hydrogens is 385 g/mol. The number of anilines is 2. The van der Waals surface area contributed by atoms with Crippen LogP contribution in [0.2, 0.25) is 0 Å². The smallest absolute Gasteiger partial charge is 0.248 e. The van der Waals surface area contributed by atoms with Gasteiger partial charge in [0.05, 0.1) is 5.92 Å². The molecule has 8 nitrogen and oxygen atoms in total. The van der Waals surface area contributed by atoms with Crippen molar-refractivity contribution in [3.63, 3.8) is 0 Å². The van der Waals surface area contributed by atoms with Gasteiger partial charge in [-0.15, -0.1) is 5.10 Å². The molecule has 1 aliphatic heterocycles. The Balaban J connectivity index is 1.37. The van der Waals surface area contributed by atoms with Crippen LogP contribution in [0, 0.1) is 25.6 Å². The number of carbonyl (C=O) groups excluding carboxylic acids is 1. The van der Waals surface area contributed by atoms with Gasteiger partial charge in [0.1, 0.15) is 11.6 Å². The van der Waals surface area contributed by atoms with Crippen molar-refractivity contribution >= 4 is 17.8 Å². The Morgan fingerprint density at radius 2 is 1.93 bits per heavy atom. The van der Waals surface area contributed by atoms with E-state index in [2.05, 4.69) is 35.4 Å². The summed E-state index contributed by atoms with van der Waals surface area (Å²) in [5.41, 5.74) is 2.73. The fourth-order valence-electron chi connectivity index (χ4n) is 3.66. The topological polar surface area (TPSA) is 99.7 Å². The van der Waals surface area contributed by atoms with Gasteiger partial charge in [-0.05, 0) is 50.5 Å². The fraction of sp³-hybridized carbons (Fsp3) is 0.381. The number of aromatic nitrogens is 5. The largest absolute Gasteiger partial charge is 0.340 e. The predicted molar refractivity (Wildman–Crippen MR) is 111 cm³/mol. The van der Waals surface area contributed by atoms with Crippen LogP contribution >= 0.6 is 0 Å². The number of hydrogen-bond acceptors (Lipinski definition) is 6. The Hall–Kier alpha value is -3.36. The first-order valence-electron chi connectivity index (χ1n) is 10.00. The van der Waals surface area contributed by atoms with E-state index < -0.39 is 0 Å². The number of aromatic amines is 1. The first-order valence-corrected chi connectivity index (χ1v) is 10.00. The molecule has 0 unspecified atom stereocenters. The normalized spacial score (nSPS) is 16.5. The van der Waals surface area contributed by atoms with Gasteiger partial charge in [0.25, 0.3) is 0 Å². The Labute approximate surface area is 174 Å². The van der Waals surface area contributed by atoms with E-state index in [1.54, 1.807) is 12.1 Å². The molecule has 0 aliphatic carbocycles. The number of benzene rings is 1. The molecule has 1 saturated heterocycles. The van der Waals surface area contributed by atoms with Gasteiger partial charge in [-0.1, -0.05) is 12.1 Å². The molecule has 1 aliphatic rings. The van der Waals surface area contributed by atoms with Crippen LogP contribution < -0.4 is 10.2 Å². The average Bonchev–Trinajstić information content (AvgIpc) is 3.16. The van der Waals surface area contributed by atoms with Crippen LogP contribution in [0.4, 0.5) is 16.3 Å². The second kappa shape index (κ2) is 8.56. The monoisotopic (exact) mass is 409 g/mol. The van der Waals surface area contributed by atoms with Crippen molar-refractivity contribution in [3.05, 3.63) is 58.9 Å². The molecule has 156 valence electrons. The zero-order valence-electron chi connectivity index (χ0n) is 17.0. The summed E-state index contributed by atoms with van der Waals surface area (Å²) in [5.74, 6) is 0.933. The Kier molecular flexibility index (Phi) is 5.69. The van der Waals surface area contributed by atoms with E-state index in [9.17, 15) is 9.18 Å². The summed E-state index contributed by atoms with van der Waals surface area (Å²) >= 11 is 0. The highest BCUT2D eigenvalue weighted by atomic mass is 19.1. The van der Waals surface area contributed by atoms with Gasteiger partial charge in [0.15, 0.2) is 0 Å². The summed E-state index contributed by atoms with van der Waals surface area (Å²) in [4.78, 5) is 28.2. The van der Waals surface area contributed by atoms with Gasteiger partial charge in [-0.25, -0.2) is 14.4 Å². The molecule has 1 aromatic carbocycles. The van der Waals surface area contributed by atoms with Crippen molar-refractivity contribution in [3.8, 4) is 0 Å². The molecule has 2 aromatic heterocycles. The van der Waals surface area contributed by atoms with Crippen molar-refractivity contribution in [2.45, 2.75) is 33.1 Å². The first kappa shape index (κ1) is 19.9. The number of rotatable bonds is 5. The van der Waals surface area contributed by atoms with Crippen LogP contribution in [-0.4, -0.2) is 44.1 Å². The molecule has 0 bridgehead atoms. The number of carbonyl (C=O) groups is 1. The SMILES string of the molecule is Cc1cc(C)nc(N2CCC[C@@H](C(=O)Nc3n[nH]c(Cc4ccc(F)cc4)n3)C2)n1. The summed E-state index contributed by atoms with van der Waals surface area (Å²) in [5, 5.41) is 9.71. The van der Waals surface area contributed by atoms with E-state index in [1.807, 2.05) is 19.9 Å². The molecule has 3 heterocycles. The predicted octanol–water partition coefficient (Wildman–Crippen LogP) is 2.80. The number of nitrogens with one attached hydrogen (secondary N) is 2. The van der Waals surface area contributed by atoms with Crippen LogP contribution in [0.3, 0.4) is 0 Å². The Bertz CT molecular complexity index is 1010. The molecule has 1 fully saturated rings. The third-order valence-electron chi connectivity index (χ3n) is 5.10. The molecule has 9 heteroatoms. The van der Waals surface area contributed by atoms with Crippen molar-refractivity contribution in [1.82, 2.24) is 25.1 Å². The Morgan fingerprint density at radius 1 is 1.20 bits per heavy atom. The minimum atomic E-state index is -0.281. The number of amides is 1. The number of H-pyrrole nitrogens is 1. The van der Waals surface area contributed by atoms with Crippen molar-refractivity contribution in [2.75, 3.05) is 23.3 Å². The lowest BCUT2D eigenvalue weighted by atomic mass is 9.97. The lowest BCUT2D eigenvalue weighted by Gasteiger charge is -2.32. The molecule has 0 spiro atoms. The molecule has 0 radical (unpaired) electrons. The number of aryl methyl sites for hydroxylation is 2. The van der Waals surface area contributed by atoms with Crippen molar-refractivity contribution < 1.29 is 9.18 Å². The molecule has 4 rings (SSSR count). The number of nitrogens with zero attached hydrogens (tertiary/aromatic N) is 5. The minimum Gasteiger partial charge on any atom is -0.340 e. The minimum absolute atomic E-state index is 0.114. The van der Waals surface area contributed by atoms with Gasteiger partial charge >= 0.3 is 0 Å². The molecule has 30 heavy (non-hydrogen) atoms. The van der Waals surface area contributed by atoms with E-state index >= 15 is 0 Å². The maximum Gasteiger partial charge on any atom is 0.248 e. The quantitative estimate of drug-likeness (QED) is 0.672. The van der Waals surface area contributed by atoms with E-state index in [1.165, 1.54) is 12.1 Å². The van der Waals surface area contributed by atoms with Gasteiger partial charge in [-0.2, -0.15) is 4.98 Å². The van der Waals surface area contributed by atoms with Gasteiger partial charge < -0.3 is 4.90 Å². The van der Waals surface area contributed by atoms with Crippen LogP contribution in [0.25, 0.3) is 0 Å². The fourth-order valence-corrected chi connectivity index (χ4v) is 3.66. The van der Waals surface area contributed by atoms with E-state index in [-0.39, 0.29) is 23.6 Å². The number of piperidine rings is 1. The van der Waals surface area contributed by atoms with E-state index in [0.29, 0.717) is 24.7 Å². The van der Waals surface area contributed by atoms with Crippen LogP contribution in [0.1, 0.15) is 35.6 Å². The second-order valence-corrected chi connectivity index (χ2v) is 7.63. The summed E-state index contributed by atoms with van der Waals surface area (Å²) in [6.07, 6.45) is 2.16. The van der Waals surface area contributed by atoms with Gasteiger partial charge in [0, 0.05) is 30.9 Å². The van der Waals surface area contributed by atoms with Gasteiger partial charge in [-0.3, -0.25) is 15.2 Å². The molecule has 1 amide bonds. The third-order valence-corrected chi connectivity index (χ3v) is 5.10. The average molecular weight is 409 g/mol. The van der Waals surface area contributed by atoms with E-state index in [0.717, 1.165) is 36.3 Å². The highest BCUT2D eigenvalue weighted by Crippen LogP contribution is 2.22. The molecule has 2 N–H and O–H groups in total. The van der Waals surface area contributed by atoms with Crippen molar-refractivity contribution in [2.24, 2.45) is 5.92 Å². The third kappa shape index (κ3) is 4.79. The van der Waals surface area contributed by atoms with Crippen LogP contribution in [0.15, 0.2) is 30.3 Å². The summed E-state index contributed by atoms with van der Waals surface area (Å²) in [7, 11) is 0. The zero-order valence-corrected chi connectivity index (χ0v) is 17.0. The van der Waals surface area contributed by atoms with Crippen molar-refractivity contribution in [1.29, 1.82) is 0 Å². The van der Waals surface area contributed by atoms with Crippen LogP contribution in [-0.2, 0) is 11.2 Å². The Morgan fingerprint density at radius 3 is 2.67 bits per heavy atom. The highest BCUT2D eigenvalue weighted by molar-refractivity contribution is 5.91. The molecule has 3 aromatic rings. The maximum absolute atomic E-state index is 13.0. The second-order valence-electron chi connectivity index (χ2n) is 7.63. The van der Waals surface area contributed by atoms with E-state index in [4.69, 9.17) is 0 Å². The standard InChI is InChI=1S/C21H24FN7O/c1-13-10-14(2)24-21(23-13)29-9-3-4-16(12-29)19(30)26-20-25-18(27-28-20)11-15-5-7-17(22)8-6-15/h5-8,10,16H,3-4,9,11-12H2,1-2H3,(H2,25,26,27,28,30)/t16-/m1/s1. The lowest BCUT2D eigenvalue weighted by molar-refractivity contribution is -0.120. The summed E-state index contributed by atoms with van der Waals surface area (Å²) in [6.45, 7) is 5.27. The highest BCUT2D eigenvalue weighted by Gasteiger charge is 2.28. The number of hydrogen-bond donors (Lipinski definition) is 2. The first-order chi connectivity index (χ1) is 14.5. The zero-order chi connectivity index (χ0) is 21.1. The summed E-state index contributed by atoms with van der Waals surface area (Å²) < 4.78 is 13.0. The lowest BCUT2D eigenvalue weighted by Crippen LogP contribution is -2.41. The van der Waals surface area contributed by atoms with Gasteiger partial charge in [0.2, 0.25) is 17.8 Å². The molecular formula is C21H24FN7O. The molecule has 1 atom stereocenters. The maximum atomic E-state index is 13.0. The van der Waals surface area contributed by atoms with Crippen LogP contribution in [0.5, 0.6) is 0 Å². The number of halogens is 1. The summed E-state index contributed by atoms with van der Waals surface area (Å²) in [6, 6.07) is 8.14. The molecule has 0 saturated carbocycles.